The second-order valence-electron chi connectivity index (χ2n) is 2.47. The molecule has 0 radical (unpaired) electrons. The van der Waals surface area contributed by atoms with Crippen LogP contribution in [0.5, 0.6) is 0 Å². The highest BCUT2D eigenvalue weighted by Gasteiger charge is 1.99. The van der Waals surface area contributed by atoms with Crippen molar-refractivity contribution in [3.8, 4) is 0 Å². The van der Waals surface area contributed by atoms with Crippen LogP contribution in [-0.4, -0.2) is 29.0 Å². The molecule has 0 bridgehead atoms. The lowest BCUT2D eigenvalue weighted by molar-refractivity contribution is -0.104. The van der Waals surface area contributed by atoms with E-state index in [1.807, 2.05) is 6.92 Å². The third kappa shape index (κ3) is 10.1. The van der Waals surface area contributed by atoms with Crippen molar-refractivity contribution in [2.75, 3.05) is 6.61 Å². The molecule has 1 N–H and O–H groups in total. The molecular formula is C8H22O2Si. The Bertz CT molecular complexity index is 69.1. The summed E-state index contributed by atoms with van der Waals surface area (Å²) in [5, 5.41) is 9.05. The maximum Gasteiger partial charge on any atom is 0.154 e. The largest absolute Gasteiger partial charge is 0.368 e. The first-order valence-electron chi connectivity index (χ1n) is 4.11. The van der Waals surface area contributed by atoms with Crippen molar-refractivity contribution < 1.29 is 9.84 Å². The molecule has 70 valence electrons. The molecule has 1 atom stereocenters. The molecular weight excluding hydrogens is 156 g/mol. The molecule has 0 rings (SSSR count). The zero-order valence-electron chi connectivity index (χ0n) is 6.97. The van der Waals surface area contributed by atoms with Crippen molar-refractivity contribution in [3.63, 3.8) is 0 Å². The van der Waals surface area contributed by atoms with Gasteiger partial charge in [0.2, 0.25) is 0 Å². The van der Waals surface area contributed by atoms with Gasteiger partial charge in [0, 0.05) is 6.61 Å². The minimum Gasteiger partial charge on any atom is -0.368 e. The Morgan fingerprint density at radius 2 is 1.91 bits per heavy atom. The first-order chi connectivity index (χ1) is 4.81. The molecule has 0 aliphatic heterocycles. The zero-order valence-corrected chi connectivity index (χ0v) is 6.97. The van der Waals surface area contributed by atoms with E-state index in [9.17, 15) is 0 Å². The summed E-state index contributed by atoms with van der Waals surface area (Å²) in [4.78, 5) is 0. The first-order valence-corrected chi connectivity index (χ1v) is 4.11. The van der Waals surface area contributed by atoms with E-state index in [0.717, 1.165) is 25.7 Å². The number of hydrogen-bond donors (Lipinski definition) is 1. The topological polar surface area (TPSA) is 29.5 Å². The van der Waals surface area contributed by atoms with E-state index in [0.29, 0.717) is 6.61 Å². The van der Waals surface area contributed by atoms with Crippen LogP contribution in [0.1, 0.15) is 39.5 Å². The number of hydrogen-bond acceptors (Lipinski definition) is 2. The molecule has 0 fully saturated rings. The Morgan fingerprint density at radius 1 is 1.27 bits per heavy atom. The molecule has 2 nitrogen and oxygen atoms in total. The van der Waals surface area contributed by atoms with Gasteiger partial charge in [-0.3, -0.25) is 0 Å². The van der Waals surface area contributed by atoms with Gasteiger partial charge in [-0.15, -0.1) is 0 Å². The lowest BCUT2D eigenvalue weighted by atomic mass is 10.3. The van der Waals surface area contributed by atoms with Crippen molar-refractivity contribution in [3.05, 3.63) is 0 Å². The van der Waals surface area contributed by atoms with Gasteiger partial charge in [-0.2, -0.15) is 0 Å². The third-order valence-corrected chi connectivity index (χ3v) is 1.34. The molecule has 1 unspecified atom stereocenters. The highest BCUT2D eigenvalue weighted by Crippen LogP contribution is 1.99. The molecule has 3 heteroatoms. The summed E-state index contributed by atoms with van der Waals surface area (Å²) in [6.45, 7) is 4.83. The average molecular weight is 178 g/mol. The second-order valence-corrected chi connectivity index (χ2v) is 2.47. The van der Waals surface area contributed by atoms with Gasteiger partial charge in [-0.25, -0.2) is 0 Å². The molecule has 0 aromatic rings. The lowest BCUT2D eigenvalue weighted by Gasteiger charge is -2.09. The van der Waals surface area contributed by atoms with Crippen molar-refractivity contribution >= 4 is 11.0 Å². The summed E-state index contributed by atoms with van der Waals surface area (Å²) in [5.74, 6) is 0. The Morgan fingerprint density at radius 3 is 2.36 bits per heavy atom. The summed E-state index contributed by atoms with van der Waals surface area (Å²) in [5.41, 5.74) is 0. The summed E-state index contributed by atoms with van der Waals surface area (Å²) in [6, 6.07) is 0. The van der Waals surface area contributed by atoms with E-state index in [1.54, 1.807) is 0 Å². The van der Waals surface area contributed by atoms with Crippen LogP contribution in [0.15, 0.2) is 0 Å². The van der Waals surface area contributed by atoms with E-state index >= 15 is 0 Å². The van der Waals surface area contributed by atoms with Crippen molar-refractivity contribution in [1.29, 1.82) is 0 Å². The number of aliphatic hydroxyl groups excluding tert-OH is 1. The first kappa shape index (κ1) is 13.7. The van der Waals surface area contributed by atoms with Gasteiger partial charge in [-0.1, -0.05) is 26.7 Å². The quantitative estimate of drug-likeness (QED) is 0.364. The van der Waals surface area contributed by atoms with Crippen LogP contribution in [0.25, 0.3) is 0 Å². The minimum atomic E-state index is -0.531. The normalized spacial score (nSPS) is 12.3. The molecule has 0 saturated heterocycles. The minimum absolute atomic E-state index is 0. The lowest BCUT2D eigenvalue weighted by Crippen LogP contribution is -2.11. The van der Waals surface area contributed by atoms with Gasteiger partial charge in [0.05, 0.1) is 0 Å². The van der Waals surface area contributed by atoms with Crippen LogP contribution in [0.4, 0.5) is 0 Å². The Balaban J connectivity index is 0. The van der Waals surface area contributed by atoms with Gasteiger partial charge < -0.3 is 9.84 Å². The Labute approximate surface area is 74.0 Å². The molecule has 0 heterocycles. The molecule has 0 aliphatic carbocycles. The van der Waals surface area contributed by atoms with Gasteiger partial charge in [0.1, 0.15) is 0 Å². The molecule has 0 aliphatic rings. The molecule has 0 saturated carbocycles. The van der Waals surface area contributed by atoms with E-state index < -0.39 is 6.29 Å². The van der Waals surface area contributed by atoms with Gasteiger partial charge in [0.15, 0.2) is 6.29 Å². The SMILES string of the molecule is CCCCOC(O)CCC.[SiH4]. The average Bonchev–Trinajstić information content (AvgIpc) is 1.89. The van der Waals surface area contributed by atoms with Crippen molar-refractivity contribution in [2.45, 2.75) is 45.8 Å². The van der Waals surface area contributed by atoms with E-state index in [1.165, 1.54) is 0 Å². The Kier molecular flexibility index (Phi) is 12.6. The van der Waals surface area contributed by atoms with Gasteiger partial charge >= 0.3 is 0 Å². The van der Waals surface area contributed by atoms with Crippen LogP contribution in [0.3, 0.4) is 0 Å². The van der Waals surface area contributed by atoms with Crippen LogP contribution in [0.2, 0.25) is 0 Å². The highest BCUT2D eigenvalue weighted by molar-refractivity contribution is 5.75. The Hall–Kier alpha value is 0.137. The predicted octanol–water partition coefficient (Wildman–Crippen LogP) is 0.470. The summed E-state index contributed by atoms with van der Waals surface area (Å²) in [6.07, 6.45) is 3.37. The smallest absolute Gasteiger partial charge is 0.154 e. The predicted molar refractivity (Wildman–Crippen MR) is 53.1 cm³/mol. The zero-order chi connectivity index (χ0) is 7.82. The molecule has 0 aromatic carbocycles. The fourth-order valence-corrected chi connectivity index (χ4v) is 0.694. The number of unbranched alkanes of at least 4 members (excludes halogenated alkanes) is 1. The number of aliphatic hydroxyl groups is 1. The molecule has 0 amide bonds. The fourth-order valence-electron chi connectivity index (χ4n) is 0.694. The monoisotopic (exact) mass is 178 g/mol. The van der Waals surface area contributed by atoms with Crippen LogP contribution in [0, 0.1) is 0 Å². The number of ether oxygens (including phenoxy) is 1. The summed E-state index contributed by atoms with van der Waals surface area (Å²) in [7, 11) is 0. The third-order valence-electron chi connectivity index (χ3n) is 1.34. The maximum absolute atomic E-state index is 9.05. The van der Waals surface area contributed by atoms with Gasteiger partial charge in [0.25, 0.3) is 0 Å². The standard InChI is InChI=1S/C8H18O2.H4Si/c1-3-5-7-10-8(9)6-4-2;/h8-9H,3-7H2,1-2H3;1H4. The number of rotatable bonds is 6. The molecule has 0 aromatic heterocycles. The second kappa shape index (κ2) is 10.1. The van der Waals surface area contributed by atoms with Crippen LogP contribution >= 0.6 is 0 Å². The molecule has 11 heavy (non-hydrogen) atoms. The van der Waals surface area contributed by atoms with E-state index in [4.69, 9.17) is 9.84 Å². The summed E-state index contributed by atoms with van der Waals surface area (Å²) >= 11 is 0. The maximum atomic E-state index is 9.05. The molecule has 0 spiro atoms. The van der Waals surface area contributed by atoms with E-state index in [-0.39, 0.29) is 11.0 Å². The van der Waals surface area contributed by atoms with E-state index in [2.05, 4.69) is 6.92 Å². The van der Waals surface area contributed by atoms with Crippen molar-refractivity contribution in [1.82, 2.24) is 0 Å². The van der Waals surface area contributed by atoms with Crippen LogP contribution in [-0.2, 0) is 4.74 Å². The van der Waals surface area contributed by atoms with Gasteiger partial charge in [-0.05, 0) is 23.8 Å². The fraction of sp³-hybridized carbons (Fsp3) is 1.00. The van der Waals surface area contributed by atoms with Crippen molar-refractivity contribution in [2.24, 2.45) is 0 Å². The highest BCUT2D eigenvalue weighted by atomic mass is 28.1. The van der Waals surface area contributed by atoms with Crippen LogP contribution < -0.4 is 0 Å². The summed E-state index contributed by atoms with van der Waals surface area (Å²) < 4.78 is 5.08.